The number of hydrogen-bond acceptors (Lipinski definition) is 6. The van der Waals surface area contributed by atoms with E-state index in [1.165, 1.54) is 11.3 Å². The van der Waals surface area contributed by atoms with Crippen molar-refractivity contribution in [1.82, 2.24) is 20.2 Å². The van der Waals surface area contributed by atoms with Crippen LogP contribution in [0.25, 0.3) is 10.9 Å². The summed E-state index contributed by atoms with van der Waals surface area (Å²) in [6.07, 6.45) is 3.79. The number of amides is 1. The van der Waals surface area contributed by atoms with Gasteiger partial charge in [-0.1, -0.05) is 24.4 Å². The largest absolute Gasteiger partial charge is 0.352 e. The molecule has 5 rings (SSSR count). The number of carbonyl (C=O) groups is 2. The normalized spacial score (nSPS) is 23.3. The van der Waals surface area contributed by atoms with Crippen molar-refractivity contribution in [3.63, 3.8) is 0 Å². The number of Topliss-reactive ketones (excluding diaryl/α,β-unsaturated/α-hetero) is 1. The minimum atomic E-state index is -1.18. The van der Waals surface area contributed by atoms with Gasteiger partial charge in [0.2, 0.25) is 5.78 Å². The molecule has 1 aliphatic carbocycles. The second-order valence-corrected chi connectivity index (χ2v) is 11.3. The number of hydrogen-bond donors (Lipinski definition) is 3. The van der Waals surface area contributed by atoms with Gasteiger partial charge in [-0.15, -0.1) is 11.3 Å². The van der Waals surface area contributed by atoms with Gasteiger partial charge in [0, 0.05) is 46.4 Å². The van der Waals surface area contributed by atoms with Gasteiger partial charge in [0.1, 0.15) is 5.54 Å². The Morgan fingerprint density at radius 1 is 1.32 bits per heavy atom. The molecule has 0 bridgehead atoms. The molecule has 3 aromatic rings. The van der Waals surface area contributed by atoms with Gasteiger partial charge in [-0.25, -0.2) is 4.98 Å². The Labute approximate surface area is 208 Å². The van der Waals surface area contributed by atoms with E-state index in [1.54, 1.807) is 12.1 Å². The lowest BCUT2D eigenvalue weighted by molar-refractivity contribution is 0.0755. The lowest BCUT2D eigenvalue weighted by Gasteiger charge is -2.39. The number of aromatic nitrogens is 2. The van der Waals surface area contributed by atoms with Crippen LogP contribution in [0.2, 0.25) is 5.02 Å². The van der Waals surface area contributed by atoms with E-state index in [0.717, 1.165) is 53.8 Å². The molecule has 4 N–H and O–H groups in total. The fraction of sp³-hybridized carbons (Fsp3) is 0.480. The molecule has 1 aliphatic heterocycles. The molecular weight excluding hydrogens is 470 g/mol. The summed E-state index contributed by atoms with van der Waals surface area (Å²) in [5.41, 5.74) is 7.89. The first-order valence-corrected chi connectivity index (χ1v) is 13.1. The molecule has 1 amide bonds. The van der Waals surface area contributed by atoms with Crippen LogP contribution in [-0.4, -0.2) is 50.7 Å². The molecule has 180 valence electrons. The summed E-state index contributed by atoms with van der Waals surface area (Å²) in [7, 11) is 0. The van der Waals surface area contributed by atoms with Crippen molar-refractivity contribution < 1.29 is 9.59 Å². The number of thiazole rings is 1. The molecule has 0 spiro atoms. The number of nitrogens with two attached hydrogens (primary N) is 1. The Morgan fingerprint density at radius 3 is 2.94 bits per heavy atom. The number of H-pyrrole nitrogens is 1. The summed E-state index contributed by atoms with van der Waals surface area (Å²) in [5, 5.41) is 5.00. The zero-order valence-corrected chi connectivity index (χ0v) is 21.1. The average Bonchev–Trinajstić information content (AvgIpc) is 3.43. The Kier molecular flexibility index (Phi) is 6.27. The maximum atomic E-state index is 13.6. The summed E-state index contributed by atoms with van der Waals surface area (Å²) in [4.78, 5) is 38.2. The molecule has 2 aliphatic rings. The summed E-state index contributed by atoms with van der Waals surface area (Å²) in [5.74, 6) is -0.427. The first-order valence-electron chi connectivity index (χ1n) is 11.9. The Bertz CT molecular complexity index is 1250. The van der Waals surface area contributed by atoms with Gasteiger partial charge >= 0.3 is 0 Å². The van der Waals surface area contributed by atoms with E-state index >= 15 is 0 Å². The third kappa shape index (κ3) is 4.28. The van der Waals surface area contributed by atoms with Gasteiger partial charge in [0.15, 0.2) is 5.01 Å². The van der Waals surface area contributed by atoms with Crippen molar-refractivity contribution in [2.45, 2.75) is 70.1 Å². The van der Waals surface area contributed by atoms with E-state index in [4.69, 9.17) is 17.3 Å². The molecule has 7 nitrogen and oxygen atoms in total. The number of benzene rings is 1. The molecule has 0 saturated heterocycles. The monoisotopic (exact) mass is 499 g/mol. The highest BCUT2D eigenvalue weighted by atomic mass is 35.5. The fourth-order valence-electron chi connectivity index (χ4n) is 5.12. The maximum Gasteiger partial charge on any atom is 0.280 e. The minimum Gasteiger partial charge on any atom is -0.352 e. The number of halogens is 1. The highest BCUT2D eigenvalue weighted by Crippen LogP contribution is 2.32. The third-order valence-corrected chi connectivity index (χ3v) is 8.51. The van der Waals surface area contributed by atoms with Gasteiger partial charge in [0.25, 0.3) is 5.91 Å². The molecule has 2 atom stereocenters. The zero-order valence-electron chi connectivity index (χ0n) is 19.5. The number of fused-ring (bicyclic) bond motifs is 2. The van der Waals surface area contributed by atoms with Crippen molar-refractivity contribution >= 4 is 45.5 Å². The summed E-state index contributed by atoms with van der Waals surface area (Å²) in [6, 6.07) is 7.25. The predicted molar refractivity (Wildman–Crippen MR) is 136 cm³/mol. The Balaban J connectivity index is 1.36. The second-order valence-electron chi connectivity index (χ2n) is 9.76. The smallest absolute Gasteiger partial charge is 0.280 e. The number of ketones is 1. The van der Waals surface area contributed by atoms with Crippen molar-refractivity contribution in [3.05, 3.63) is 50.6 Å². The lowest BCUT2D eigenvalue weighted by atomic mass is 9.74. The van der Waals surface area contributed by atoms with Crippen molar-refractivity contribution in [3.8, 4) is 0 Å². The van der Waals surface area contributed by atoms with Crippen LogP contribution in [0.5, 0.6) is 0 Å². The van der Waals surface area contributed by atoms with Crippen LogP contribution >= 0.6 is 22.9 Å². The SMILES string of the molecule is CC(C)N1CCc2nc(C(=O)NC3CCCCC3(N)C(=O)c3cc4cc(Cl)ccc4[nH]3)sc2C1. The fourth-order valence-corrected chi connectivity index (χ4v) is 6.34. The number of nitrogens with zero attached hydrogens (tertiary/aromatic N) is 2. The molecule has 34 heavy (non-hydrogen) atoms. The maximum absolute atomic E-state index is 13.6. The number of nitrogens with one attached hydrogen (secondary N) is 2. The zero-order chi connectivity index (χ0) is 24.0. The number of carbonyl (C=O) groups excluding carboxylic acids is 2. The lowest BCUT2D eigenvalue weighted by Crippen LogP contribution is -2.64. The molecule has 1 aromatic carbocycles. The Morgan fingerprint density at radius 2 is 2.15 bits per heavy atom. The van der Waals surface area contributed by atoms with Crippen molar-refractivity contribution in [2.75, 3.05) is 6.54 Å². The van der Waals surface area contributed by atoms with E-state index in [0.29, 0.717) is 34.6 Å². The molecule has 2 unspecified atom stereocenters. The van der Waals surface area contributed by atoms with Crippen LogP contribution in [0.15, 0.2) is 24.3 Å². The highest BCUT2D eigenvalue weighted by Gasteiger charge is 2.45. The van der Waals surface area contributed by atoms with E-state index in [9.17, 15) is 9.59 Å². The van der Waals surface area contributed by atoms with Crippen LogP contribution < -0.4 is 11.1 Å². The predicted octanol–water partition coefficient (Wildman–Crippen LogP) is 4.30. The summed E-state index contributed by atoms with van der Waals surface area (Å²) < 4.78 is 0. The molecule has 0 radical (unpaired) electrons. The first-order chi connectivity index (χ1) is 16.2. The van der Waals surface area contributed by atoms with Gasteiger partial charge in [0.05, 0.1) is 17.4 Å². The standard InChI is InChI=1S/C25H30ClN5O2S/c1-14(2)31-10-8-18-20(13-31)34-24(29-18)23(33)30-21-5-3-4-9-25(21,27)22(32)19-12-15-11-16(26)6-7-17(15)28-19/h6-7,11-12,14,21,28H,3-5,8-10,13,27H2,1-2H3,(H,30,33). The summed E-state index contributed by atoms with van der Waals surface area (Å²) in [6.45, 7) is 6.14. The van der Waals surface area contributed by atoms with Gasteiger partial charge in [-0.2, -0.15) is 0 Å². The van der Waals surface area contributed by atoms with Crippen molar-refractivity contribution in [2.24, 2.45) is 5.73 Å². The molecular formula is C25H30ClN5O2S. The van der Waals surface area contributed by atoms with E-state index in [-0.39, 0.29) is 11.7 Å². The minimum absolute atomic E-state index is 0.184. The molecule has 9 heteroatoms. The van der Waals surface area contributed by atoms with E-state index in [1.807, 2.05) is 12.1 Å². The van der Waals surface area contributed by atoms with Crippen LogP contribution in [0, 0.1) is 0 Å². The van der Waals surface area contributed by atoms with Crippen LogP contribution in [0.3, 0.4) is 0 Å². The average molecular weight is 500 g/mol. The van der Waals surface area contributed by atoms with Gasteiger partial charge < -0.3 is 16.0 Å². The number of aromatic amines is 1. The van der Waals surface area contributed by atoms with Crippen molar-refractivity contribution in [1.29, 1.82) is 0 Å². The van der Waals surface area contributed by atoms with Crippen LogP contribution in [-0.2, 0) is 13.0 Å². The number of rotatable bonds is 5. The highest BCUT2D eigenvalue weighted by molar-refractivity contribution is 7.13. The quantitative estimate of drug-likeness (QED) is 0.454. The van der Waals surface area contributed by atoms with E-state index in [2.05, 4.69) is 34.0 Å². The molecule has 2 aromatic heterocycles. The third-order valence-electron chi connectivity index (χ3n) is 7.20. The Hall–Kier alpha value is -2.26. The molecule has 3 heterocycles. The van der Waals surface area contributed by atoms with E-state index < -0.39 is 11.6 Å². The molecule has 1 saturated carbocycles. The van der Waals surface area contributed by atoms with Crippen LogP contribution in [0.4, 0.5) is 0 Å². The topological polar surface area (TPSA) is 104 Å². The second kappa shape index (κ2) is 9.07. The van der Waals surface area contributed by atoms with Gasteiger partial charge in [-0.05, 0) is 51.0 Å². The molecule has 1 fully saturated rings. The van der Waals surface area contributed by atoms with Crippen LogP contribution in [0.1, 0.15) is 70.4 Å². The first kappa shape index (κ1) is 23.5. The van der Waals surface area contributed by atoms with Gasteiger partial charge in [-0.3, -0.25) is 14.5 Å². The summed E-state index contributed by atoms with van der Waals surface area (Å²) >= 11 is 7.56.